The van der Waals surface area contributed by atoms with Crippen LogP contribution in [0.2, 0.25) is 5.02 Å². The van der Waals surface area contributed by atoms with Gasteiger partial charge in [0.2, 0.25) is 0 Å². The molecule has 4 rings (SSSR count). The van der Waals surface area contributed by atoms with Crippen molar-refractivity contribution in [3.05, 3.63) is 101 Å². The van der Waals surface area contributed by atoms with Gasteiger partial charge in [0.1, 0.15) is 10.7 Å². The van der Waals surface area contributed by atoms with Crippen LogP contribution in [0, 0.1) is 0 Å². The number of hydrogen-bond acceptors (Lipinski definition) is 2. The van der Waals surface area contributed by atoms with Gasteiger partial charge in [0.15, 0.2) is 37.9 Å². The first kappa shape index (κ1) is 16.9. The Morgan fingerprint density at radius 1 is 0.769 bits per heavy atom. The molecule has 0 spiro atoms. The molecule has 0 amide bonds. The summed E-state index contributed by atoms with van der Waals surface area (Å²) in [5.41, 5.74) is 2.20. The molecular formula is C21H18ClN3S+2. The van der Waals surface area contributed by atoms with Gasteiger partial charge in [0.05, 0.1) is 4.88 Å². The summed E-state index contributed by atoms with van der Waals surface area (Å²) in [6, 6.07) is 20.1. The lowest BCUT2D eigenvalue weighted by Gasteiger charge is -1.97. The molecule has 1 aromatic carbocycles. The van der Waals surface area contributed by atoms with E-state index in [1.54, 1.807) is 11.3 Å². The molecule has 0 unspecified atom stereocenters. The Balaban J connectivity index is 1.70. The summed E-state index contributed by atoms with van der Waals surface area (Å²) >= 11 is 7.77. The molecule has 26 heavy (non-hydrogen) atoms. The number of benzene rings is 1. The minimum Gasteiger partial charge on any atom is -0.234 e. The van der Waals surface area contributed by atoms with E-state index < -0.39 is 0 Å². The van der Waals surface area contributed by atoms with Crippen molar-refractivity contribution in [1.29, 1.82) is 0 Å². The van der Waals surface area contributed by atoms with Crippen molar-refractivity contribution < 1.29 is 9.13 Å². The van der Waals surface area contributed by atoms with E-state index in [-0.39, 0.29) is 0 Å². The molecule has 0 radical (unpaired) electrons. The maximum absolute atomic E-state index is 6.03. The second kappa shape index (κ2) is 7.77. The van der Waals surface area contributed by atoms with Crippen molar-refractivity contribution in [2.45, 2.75) is 13.1 Å². The Kier molecular flexibility index (Phi) is 5.04. The summed E-state index contributed by atoms with van der Waals surface area (Å²) in [5.74, 6) is 0. The predicted octanol–water partition coefficient (Wildman–Crippen LogP) is 4.14. The van der Waals surface area contributed by atoms with E-state index in [0.29, 0.717) is 0 Å². The highest BCUT2D eigenvalue weighted by Crippen LogP contribution is 2.29. The smallest absolute Gasteiger partial charge is 0.191 e. The number of halogens is 1. The first-order chi connectivity index (χ1) is 12.8. The van der Waals surface area contributed by atoms with Gasteiger partial charge in [-0.15, -0.1) is 11.3 Å². The fourth-order valence-electron chi connectivity index (χ4n) is 2.76. The molecule has 0 aliphatic rings. The van der Waals surface area contributed by atoms with Crippen molar-refractivity contribution in [1.82, 2.24) is 4.98 Å². The van der Waals surface area contributed by atoms with Crippen molar-refractivity contribution in [3.63, 3.8) is 0 Å². The number of rotatable bonds is 5. The Morgan fingerprint density at radius 3 is 1.96 bits per heavy atom. The predicted molar refractivity (Wildman–Crippen MR) is 104 cm³/mol. The van der Waals surface area contributed by atoms with Crippen LogP contribution in [0.4, 0.5) is 0 Å². The summed E-state index contributed by atoms with van der Waals surface area (Å²) in [7, 11) is 0. The third-order valence-corrected chi connectivity index (χ3v) is 5.47. The highest BCUT2D eigenvalue weighted by molar-refractivity contribution is 7.15. The van der Waals surface area contributed by atoms with Gasteiger partial charge in [-0.05, 0) is 12.1 Å². The van der Waals surface area contributed by atoms with E-state index in [0.717, 1.165) is 34.4 Å². The molecule has 0 saturated heterocycles. The van der Waals surface area contributed by atoms with Crippen LogP contribution in [0.5, 0.6) is 0 Å². The molecule has 5 heteroatoms. The average Bonchev–Trinajstić information content (AvgIpc) is 3.06. The molecule has 0 bridgehead atoms. The van der Waals surface area contributed by atoms with Crippen LogP contribution in [0.1, 0.15) is 10.6 Å². The van der Waals surface area contributed by atoms with Crippen LogP contribution >= 0.6 is 22.9 Å². The third kappa shape index (κ3) is 3.98. The zero-order valence-electron chi connectivity index (χ0n) is 14.1. The normalized spacial score (nSPS) is 10.8. The van der Waals surface area contributed by atoms with Crippen LogP contribution in [-0.2, 0) is 13.1 Å². The maximum atomic E-state index is 6.03. The number of pyridine rings is 2. The van der Waals surface area contributed by atoms with Gasteiger partial charge in [-0.3, -0.25) is 0 Å². The van der Waals surface area contributed by atoms with Crippen molar-refractivity contribution >= 4 is 22.9 Å². The second-order valence-electron chi connectivity index (χ2n) is 5.99. The lowest BCUT2D eigenvalue weighted by atomic mass is 10.2. The largest absolute Gasteiger partial charge is 0.234 e. The topological polar surface area (TPSA) is 20.6 Å². The van der Waals surface area contributed by atoms with E-state index in [4.69, 9.17) is 16.6 Å². The molecule has 0 fully saturated rings. The Labute approximate surface area is 161 Å². The van der Waals surface area contributed by atoms with E-state index in [1.165, 1.54) is 4.88 Å². The van der Waals surface area contributed by atoms with Gasteiger partial charge in [-0.1, -0.05) is 35.9 Å². The highest BCUT2D eigenvalue weighted by atomic mass is 35.5. The SMILES string of the molecule is Clc1ccc(-c2nc(C[n+]3ccccc3)c(C[n+]3ccccc3)s2)cc1. The summed E-state index contributed by atoms with van der Waals surface area (Å²) in [4.78, 5) is 6.21. The molecule has 3 aromatic heterocycles. The van der Waals surface area contributed by atoms with Crippen molar-refractivity contribution in [2.75, 3.05) is 0 Å². The Bertz CT molecular complexity index is 924. The highest BCUT2D eigenvalue weighted by Gasteiger charge is 2.19. The monoisotopic (exact) mass is 379 g/mol. The van der Waals surface area contributed by atoms with Crippen molar-refractivity contribution in [3.8, 4) is 10.6 Å². The van der Waals surface area contributed by atoms with E-state index in [2.05, 4.69) is 33.9 Å². The quantitative estimate of drug-likeness (QED) is 0.477. The van der Waals surface area contributed by atoms with Crippen LogP contribution in [-0.4, -0.2) is 4.98 Å². The standard InChI is InChI=1S/C21H18ClN3S/c22-18-9-7-17(8-10-18)21-23-19(15-24-11-3-1-4-12-24)20(26-21)16-25-13-5-2-6-14-25/h1-14H,15-16H2/q+2. The lowest BCUT2D eigenvalue weighted by molar-refractivity contribution is -0.693. The van der Waals surface area contributed by atoms with E-state index in [1.807, 2.05) is 60.7 Å². The van der Waals surface area contributed by atoms with E-state index >= 15 is 0 Å². The Hall–Kier alpha value is -2.56. The number of hydrogen-bond donors (Lipinski definition) is 0. The van der Waals surface area contributed by atoms with Gasteiger partial charge < -0.3 is 0 Å². The summed E-state index contributed by atoms with van der Waals surface area (Å²) in [6.45, 7) is 1.57. The molecule has 0 aliphatic heterocycles. The fourth-order valence-corrected chi connectivity index (χ4v) is 3.98. The first-order valence-corrected chi connectivity index (χ1v) is 9.60. The zero-order valence-corrected chi connectivity index (χ0v) is 15.7. The summed E-state index contributed by atoms with van der Waals surface area (Å²) in [6.07, 6.45) is 8.31. The second-order valence-corrected chi connectivity index (χ2v) is 7.51. The van der Waals surface area contributed by atoms with Gasteiger partial charge >= 0.3 is 0 Å². The summed E-state index contributed by atoms with van der Waals surface area (Å²) < 4.78 is 4.33. The van der Waals surface area contributed by atoms with Gasteiger partial charge in [0, 0.05) is 34.9 Å². The molecule has 3 heterocycles. The zero-order chi connectivity index (χ0) is 17.8. The minimum absolute atomic E-state index is 0.741. The minimum atomic E-state index is 0.741. The average molecular weight is 380 g/mol. The lowest BCUT2D eigenvalue weighted by Crippen LogP contribution is -2.36. The van der Waals surface area contributed by atoms with E-state index in [9.17, 15) is 0 Å². The summed E-state index contributed by atoms with van der Waals surface area (Å²) in [5, 5.41) is 1.77. The van der Waals surface area contributed by atoms with Gasteiger partial charge in [-0.25, -0.2) is 4.98 Å². The molecular weight excluding hydrogens is 362 g/mol. The maximum Gasteiger partial charge on any atom is 0.191 e. The fraction of sp³-hybridized carbons (Fsp3) is 0.0952. The number of thiazole rings is 1. The molecule has 0 atom stereocenters. The molecule has 3 nitrogen and oxygen atoms in total. The van der Waals surface area contributed by atoms with Crippen LogP contribution in [0.3, 0.4) is 0 Å². The molecule has 0 N–H and O–H groups in total. The molecule has 0 saturated carbocycles. The van der Waals surface area contributed by atoms with Crippen LogP contribution in [0.15, 0.2) is 85.5 Å². The number of nitrogens with zero attached hydrogens (tertiary/aromatic N) is 3. The molecule has 128 valence electrons. The van der Waals surface area contributed by atoms with Gasteiger partial charge in [-0.2, -0.15) is 9.13 Å². The van der Waals surface area contributed by atoms with Crippen LogP contribution in [0.25, 0.3) is 10.6 Å². The first-order valence-electron chi connectivity index (χ1n) is 8.40. The molecule has 0 aliphatic carbocycles. The van der Waals surface area contributed by atoms with Crippen LogP contribution < -0.4 is 9.13 Å². The molecule has 4 aromatic rings. The Morgan fingerprint density at radius 2 is 1.35 bits per heavy atom. The van der Waals surface area contributed by atoms with Gasteiger partial charge in [0.25, 0.3) is 0 Å². The number of aromatic nitrogens is 3. The third-order valence-electron chi connectivity index (χ3n) is 4.08. The van der Waals surface area contributed by atoms with Crippen molar-refractivity contribution in [2.24, 2.45) is 0 Å².